The highest BCUT2D eigenvalue weighted by atomic mass is 35.5. The molecule has 1 aromatic rings. The second-order valence-corrected chi connectivity index (χ2v) is 5.91. The van der Waals surface area contributed by atoms with Gasteiger partial charge in [-0.3, -0.25) is 9.69 Å². The van der Waals surface area contributed by atoms with E-state index in [9.17, 15) is 4.79 Å². The molecule has 1 saturated heterocycles. The van der Waals surface area contributed by atoms with Crippen LogP contribution in [0.15, 0.2) is 23.1 Å². The van der Waals surface area contributed by atoms with Gasteiger partial charge in [0.05, 0.1) is 0 Å². The number of nitrogens with zero attached hydrogens (tertiary/aromatic N) is 1. The second-order valence-electron chi connectivity index (χ2n) is 5.03. The molecule has 0 bridgehead atoms. The lowest BCUT2D eigenvalue weighted by molar-refractivity contribution is 0.0946. The Bertz CT molecular complexity index is 464. The molecule has 1 aliphatic rings. The zero-order valence-electron chi connectivity index (χ0n) is 12.6. The quantitative estimate of drug-likeness (QED) is 0.808. The highest BCUT2D eigenvalue weighted by molar-refractivity contribution is 7.98. The number of hydrogen-bond donors (Lipinski definition) is 2. The van der Waals surface area contributed by atoms with Gasteiger partial charge in [-0.05, 0) is 30.9 Å². The summed E-state index contributed by atoms with van der Waals surface area (Å²) in [7, 11) is 0. The normalized spacial score (nSPS) is 15.3. The van der Waals surface area contributed by atoms with E-state index in [1.165, 1.54) is 0 Å². The van der Waals surface area contributed by atoms with E-state index in [2.05, 4.69) is 21.6 Å². The average Bonchev–Trinajstić information content (AvgIpc) is 2.48. The fraction of sp³-hybridized carbons (Fsp3) is 0.533. The Balaban J connectivity index is 0.00000220. The number of halogens is 1. The molecular weight excluding hydrogens is 306 g/mol. The summed E-state index contributed by atoms with van der Waals surface area (Å²) in [5.41, 5.74) is 1.82. The third-order valence-electron chi connectivity index (χ3n) is 3.61. The van der Waals surface area contributed by atoms with Crippen LogP contribution in [-0.2, 0) is 0 Å². The lowest BCUT2D eigenvalue weighted by Gasteiger charge is -2.27. The van der Waals surface area contributed by atoms with Crippen molar-refractivity contribution in [2.75, 3.05) is 45.5 Å². The maximum Gasteiger partial charge on any atom is 0.251 e. The van der Waals surface area contributed by atoms with E-state index < -0.39 is 0 Å². The van der Waals surface area contributed by atoms with E-state index in [1.807, 2.05) is 25.3 Å². The molecule has 1 amide bonds. The first-order chi connectivity index (χ1) is 9.70. The number of hydrogen-bond acceptors (Lipinski definition) is 4. The molecule has 2 N–H and O–H groups in total. The first-order valence-electron chi connectivity index (χ1n) is 7.06. The van der Waals surface area contributed by atoms with Crippen LogP contribution in [0.2, 0.25) is 0 Å². The third kappa shape index (κ3) is 5.51. The van der Waals surface area contributed by atoms with E-state index in [0.29, 0.717) is 6.54 Å². The van der Waals surface area contributed by atoms with E-state index >= 15 is 0 Å². The van der Waals surface area contributed by atoms with Gasteiger partial charge < -0.3 is 10.6 Å². The van der Waals surface area contributed by atoms with Gasteiger partial charge in [0.2, 0.25) is 0 Å². The fourth-order valence-electron chi connectivity index (χ4n) is 2.33. The molecule has 0 unspecified atom stereocenters. The number of nitrogens with one attached hydrogen (secondary N) is 2. The highest BCUT2D eigenvalue weighted by Gasteiger charge is 2.12. The predicted molar refractivity (Wildman–Crippen MR) is 91.9 cm³/mol. The molecule has 0 spiro atoms. The van der Waals surface area contributed by atoms with Crippen molar-refractivity contribution in [3.8, 4) is 0 Å². The van der Waals surface area contributed by atoms with Gasteiger partial charge in [-0.1, -0.05) is 6.07 Å². The van der Waals surface area contributed by atoms with Gasteiger partial charge in [-0.15, -0.1) is 24.2 Å². The molecule has 0 aromatic heterocycles. The molecule has 0 saturated carbocycles. The molecule has 21 heavy (non-hydrogen) atoms. The Morgan fingerprint density at radius 2 is 2.10 bits per heavy atom. The number of carbonyl (C=O) groups is 1. The van der Waals surface area contributed by atoms with Crippen LogP contribution in [0.5, 0.6) is 0 Å². The zero-order valence-corrected chi connectivity index (χ0v) is 14.3. The van der Waals surface area contributed by atoms with Crippen LogP contribution in [0.25, 0.3) is 0 Å². The van der Waals surface area contributed by atoms with Crippen molar-refractivity contribution in [2.24, 2.45) is 0 Å². The largest absolute Gasteiger partial charge is 0.351 e. The highest BCUT2D eigenvalue weighted by Crippen LogP contribution is 2.18. The summed E-state index contributed by atoms with van der Waals surface area (Å²) >= 11 is 1.66. The van der Waals surface area contributed by atoms with Gasteiger partial charge in [-0.25, -0.2) is 0 Å². The number of rotatable bonds is 5. The minimum absolute atomic E-state index is 0. The maximum absolute atomic E-state index is 12.2. The number of carbonyl (C=O) groups excluding carboxylic acids is 1. The molecule has 118 valence electrons. The summed E-state index contributed by atoms with van der Waals surface area (Å²) in [6.07, 6.45) is 2.02. The molecule has 1 fully saturated rings. The van der Waals surface area contributed by atoms with Crippen LogP contribution in [0.1, 0.15) is 15.9 Å². The molecule has 1 heterocycles. The van der Waals surface area contributed by atoms with Crippen LogP contribution in [-0.4, -0.2) is 56.3 Å². The van der Waals surface area contributed by atoms with E-state index in [1.54, 1.807) is 11.8 Å². The fourth-order valence-corrected chi connectivity index (χ4v) is 2.77. The number of amides is 1. The zero-order chi connectivity index (χ0) is 14.4. The topological polar surface area (TPSA) is 44.4 Å². The van der Waals surface area contributed by atoms with Crippen molar-refractivity contribution in [3.63, 3.8) is 0 Å². The molecule has 0 atom stereocenters. The summed E-state index contributed by atoms with van der Waals surface area (Å²) < 4.78 is 0. The summed E-state index contributed by atoms with van der Waals surface area (Å²) in [5, 5.41) is 6.36. The Hall–Kier alpha value is -0.750. The van der Waals surface area contributed by atoms with Crippen LogP contribution in [0, 0.1) is 6.92 Å². The Labute approximate surface area is 137 Å². The Morgan fingerprint density at radius 1 is 1.38 bits per heavy atom. The first-order valence-corrected chi connectivity index (χ1v) is 8.29. The number of benzene rings is 1. The van der Waals surface area contributed by atoms with Crippen LogP contribution >= 0.6 is 24.2 Å². The first kappa shape index (κ1) is 18.3. The van der Waals surface area contributed by atoms with Gasteiger partial charge in [0.25, 0.3) is 5.91 Å². The van der Waals surface area contributed by atoms with Crippen LogP contribution in [0.4, 0.5) is 0 Å². The van der Waals surface area contributed by atoms with Crippen LogP contribution in [0.3, 0.4) is 0 Å². The molecular formula is C15H24ClN3OS. The van der Waals surface area contributed by atoms with Crippen molar-refractivity contribution in [3.05, 3.63) is 29.3 Å². The van der Waals surface area contributed by atoms with Crippen molar-refractivity contribution >= 4 is 30.1 Å². The SMILES string of the molecule is CSc1ccc(C)c(C(=O)NCCN2CCNCC2)c1.Cl. The molecule has 0 aliphatic carbocycles. The molecule has 4 nitrogen and oxygen atoms in total. The third-order valence-corrected chi connectivity index (χ3v) is 4.34. The molecule has 1 aliphatic heterocycles. The number of aryl methyl sites for hydroxylation is 1. The van der Waals surface area contributed by atoms with Gasteiger partial charge in [-0.2, -0.15) is 0 Å². The maximum atomic E-state index is 12.2. The second kappa shape index (κ2) is 9.30. The van der Waals surface area contributed by atoms with E-state index in [-0.39, 0.29) is 18.3 Å². The minimum atomic E-state index is 0. The Kier molecular flexibility index (Phi) is 8.11. The lowest BCUT2D eigenvalue weighted by atomic mass is 10.1. The van der Waals surface area contributed by atoms with E-state index in [0.717, 1.165) is 48.7 Å². The van der Waals surface area contributed by atoms with Gasteiger partial charge in [0.1, 0.15) is 0 Å². The molecule has 1 aromatic carbocycles. The van der Waals surface area contributed by atoms with Crippen molar-refractivity contribution in [1.29, 1.82) is 0 Å². The van der Waals surface area contributed by atoms with Crippen LogP contribution < -0.4 is 10.6 Å². The van der Waals surface area contributed by atoms with E-state index in [4.69, 9.17) is 0 Å². The molecule has 2 rings (SSSR count). The number of piperazine rings is 1. The van der Waals surface area contributed by atoms with Gasteiger partial charge in [0, 0.05) is 49.7 Å². The standard InChI is InChI=1S/C15H23N3OS.ClH/c1-12-3-4-13(20-2)11-14(12)15(19)17-7-10-18-8-5-16-6-9-18;/h3-4,11,16H,5-10H2,1-2H3,(H,17,19);1H. The average molecular weight is 330 g/mol. The summed E-state index contributed by atoms with van der Waals surface area (Å²) in [6.45, 7) is 7.84. The smallest absolute Gasteiger partial charge is 0.251 e. The van der Waals surface area contributed by atoms with Gasteiger partial charge in [0.15, 0.2) is 0 Å². The Morgan fingerprint density at radius 3 is 2.76 bits per heavy atom. The molecule has 6 heteroatoms. The minimum Gasteiger partial charge on any atom is -0.351 e. The summed E-state index contributed by atoms with van der Waals surface area (Å²) in [6, 6.07) is 6.04. The summed E-state index contributed by atoms with van der Waals surface area (Å²) in [5.74, 6) is 0.0357. The van der Waals surface area contributed by atoms with Gasteiger partial charge >= 0.3 is 0 Å². The van der Waals surface area contributed by atoms with Crippen molar-refractivity contribution in [1.82, 2.24) is 15.5 Å². The lowest BCUT2D eigenvalue weighted by Crippen LogP contribution is -2.46. The van der Waals surface area contributed by atoms with Crippen molar-refractivity contribution < 1.29 is 4.79 Å². The van der Waals surface area contributed by atoms with Crippen molar-refractivity contribution in [2.45, 2.75) is 11.8 Å². The predicted octanol–water partition coefficient (Wildman–Crippen LogP) is 1.77. The molecule has 0 radical (unpaired) electrons. The number of thioether (sulfide) groups is 1. The summed E-state index contributed by atoms with van der Waals surface area (Å²) in [4.78, 5) is 15.7. The monoisotopic (exact) mass is 329 g/mol.